The molecule has 0 amide bonds. The molecule has 4 rings (SSSR count). The normalized spacial score (nSPS) is 28.8. The summed E-state index contributed by atoms with van der Waals surface area (Å²) in [5.41, 5.74) is 0. The van der Waals surface area contributed by atoms with E-state index < -0.39 is 5.97 Å². The van der Waals surface area contributed by atoms with Crippen LogP contribution in [0.5, 0.6) is 5.75 Å². The van der Waals surface area contributed by atoms with Gasteiger partial charge in [-0.1, -0.05) is 11.6 Å². The third-order valence-corrected chi connectivity index (χ3v) is 4.95. The zero-order valence-electron chi connectivity index (χ0n) is 10.7. The predicted octanol–water partition coefficient (Wildman–Crippen LogP) is -1.76. The van der Waals surface area contributed by atoms with Crippen LogP contribution in [0, 0.1) is 5.92 Å². The molecule has 3 aliphatic rings. The molecule has 98 valence electrons. The van der Waals surface area contributed by atoms with Gasteiger partial charge in [0.1, 0.15) is 11.9 Å². The third kappa shape index (κ3) is 3.12. The molecule has 3 fully saturated rings. The second kappa shape index (κ2) is 6.07. The number of carbonyl (C=O) groups is 1. The largest absolute Gasteiger partial charge is 1.00 e. The van der Waals surface area contributed by atoms with Crippen molar-refractivity contribution < 1.29 is 33.5 Å². The van der Waals surface area contributed by atoms with Gasteiger partial charge >= 0.3 is 18.9 Å². The fourth-order valence-electron chi connectivity index (χ4n) is 2.78. The van der Waals surface area contributed by atoms with Crippen LogP contribution in [-0.2, 0) is 0 Å². The van der Waals surface area contributed by atoms with Gasteiger partial charge in [-0.05, 0) is 31.8 Å². The predicted molar refractivity (Wildman–Crippen MR) is 67.2 cm³/mol. The van der Waals surface area contributed by atoms with Crippen LogP contribution < -0.4 is 28.7 Å². The fourth-order valence-corrected chi connectivity index (χ4v) is 3.77. The first kappa shape index (κ1) is 15.2. The molecule has 3 saturated heterocycles. The van der Waals surface area contributed by atoms with E-state index in [-0.39, 0.29) is 29.8 Å². The number of thiophene rings is 1. The van der Waals surface area contributed by atoms with Gasteiger partial charge in [0, 0.05) is 12.6 Å². The first-order valence-electron chi connectivity index (χ1n) is 6.03. The molecule has 7 heteroatoms. The smallest absolute Gasteiger partial charge is 0.544 e. The van der Waals surface area contributed by atoms with Crippen molar-refractivity contribution in [2.75, 3.05) is 19.6 Å². The molecule has 3 aliphatic heterocycles. The van der Waals surface area contributed by atoms with Gasteiger partial charge < -0.3 is 14.6 Å². The van der Waals surface area contributed by atoms with Crippen molar-refractivity contribution >= 4 is 28.9 Å². The fraction of sp³-hybridized carbons (Fsp3) is 0.583. The number of carboxylic acids is 1. The van der Waals surface area contributed by atoms with Gasteiger partial charge in [0.2, 0.25) is 0 Å². The molecule has 1 aromatic heterocycles. The van der Waals surface area contributed by atoms with Crippen molar-refractivity contribution in [3.05, 3.63) is 15.3 Å². The van der Waals surface area contributed by atoms with Gasteiger partial charge in [0.05, 0.1) is 15.2 Å². The number of hydrogen-bond donors (Lipinski definition) is 0. The number of carbonyl (C=O) groups excluding carboxylic acids is 1. The summed E-state index contributed by atoms with van der Waals surface area (Å²) in [4.78, 5) is 13.4. The summed E-state index contributed by atoms with van der Waals surface area (Å²) in [6.45, 7) is 3.13. The zero-order chi connectivity index (χ0) is 12.7. The maximum absolute atomic E-state index is 11.0. The van der Waals surface area contributed by atoms with Gasteiger partial charge in [-0.15, -0.1) is 11.3 Å². The van der Waals surface area contributed by atoms with E-state index in [0.717, 1.165) is 43.8 Å². The van der Waals surface area contributed by atoms with Gasteiger partial charge in [-0.2, -0.15) is 0 Å². The molecule has 0 unspecified atom stereocenters. The molecule has 0 radical (unpaired) electrons. The Hall–Kier alpha value is -0.183. The maximum atomic E-state index is 11.0. The van der Waals surface area contributed by atoms with E-state index >= 15 is 0 Å². The minimum Gasteiger partial charge on any atom is -0.544 e. The van der Waals surface area contributed by atoms with Crippen LogP contribution in [0.2, 0.25) is 4.34 Å². The van der Waals surface area contributed by atoms with Crippen LogP contribution in [0.15, 0.2) is 6.07 Å². The van der Waals surface area contributed by atoms with E-state index in [1.54, 1.807) is 6.07 Å². The summed E-state index contributed by atoms with van der Waals surface area (Å²) >= 11 is 6.84. The number of aromatic carboxylic acids is 1. The Labute approximate surface area is 132 Å². The van der Waals surface area contributed by atoms with Crippen LogP contribution in [0.3, 0.4) is 0 Å². The van der Waals surface area contributed by atoms with Crippen LogP contribution >= 0.6 is 22.9 Å². The molecule has 19 heavy (non-hydrogen) atoms. The van der Waals surface area contributed by atoms with Crippen molar-refractivity contribution in [3.63, 3.8) is 0 Å². The Morgan fingerprint density at radius 1 is 1.47 bits per heavy atom. The molecule has 4 heterocycles. The van der Waals surface area contributed by atoms with Crippen LogP contribution in [-0.4, -0.2) is 36.6 Å². The van der Waals surface area contributed by atoms with Gasteiger partial charge in [0.15, 0.2) is 0 Å². The molecule has 0 aliphatic carbocycles. The minimum atomic E-state index is -1.22. The van der Waals surface area contributed by atoms with Crippen molar-refractivity contribution in [1.29, 1.82) is 0 Å². The molecule has 4 nitrogen and oxygen atoms in total. The van der Waals surface area contributed by atoms with E-state index in [2.05, 4.69) is 4.90 Å². The Balaban J connectivity index is 0.00000133. The SMILES string of the molecule is O=C([O-])c1sc(Cl)cc1O[C@@H]1CN2CCC1CC2.[Li+]. The van der Waals surface area contributed by atoms with Crippen molar-refractivity contribution in [2.24, 2.45) is 5.92 Å². The van der Waals surface area contributed by atoms with Crippen LogP contribution in [0.1, 0.15) is 22.5 Å². The maximum Gasteiger partial charge on any atom is 1.00 e. The van der Waals surface area contributed by atoms with Crippen molar-refractivity contribution in [2.45, 2.75) is 18.9 Å². The average molecular weight is 294 g/mol. The summed E-state index contributed by atoms with van der Waals surface area (Å²) in [5.74, 6) is -0.324. The number of hydrogen-bond acceptors (Lipinski definition) is 5. The molecule has 0 saturated carbocycles. The molecule has 0 N–H and O–H groups in total. The number of piperidine rings is 3. The van der Waals surface area contributed by atoms with E-state index in [0.29, 0.717) is 16.0 Å². The summed E-state index contributed by atoms with van der Waals surface area (Å²) in [6, 6.07) is 1.58. The Morgan fingerprint density at radius 2 is 2.16 bits per heavy atom. The van der Waals surface area contributed by atoms with E-state index in [1.165, 1.54) is 0 Å². The number of ether oxygens (including phenoxy) is 1. The Kier molecular flexibility index (Phi) is 4.86. The average Bonchev–Trinajstić information content (AvgIpc) is 2.72. The molecule has 0 aromatic carbocycles. The van der Waals surface area contributed by atoms with Gasteiger partial charge in [-0.25, -0.2) is 0 Å². The number of carboxylic acid groups (broad SMARTS) is 1. The van der Waals surface area contributed by atoms with E-state index in [9.17, 15) is 9.90 Å². The number of fused-ring (bicyclic) bond motifs is 3. The third-order valence-electron chi connectivity index (χ3n) is 3.73. The first-order chi connectivity index (χ1) is 8.63. The Bertz CT molecular complexity index is 474. The molecular weight excluding hydrogens is 281 g/mol. The second-order valence-corrected chi connectivity index (χ2v) is 6.51. The minimum absolute atomic E-state index is 0. The molecule has 1 aromatic rings. The van der Waals surface area contributed by atoms with Gasteiger partial charge in [-0.3, -0.25) is 4.90 Å². The summed E-state index contributed by atoms with van der Waals surface area (Å²) < 4.78 is 6.29. The van der Waals surface area contributed by atoms with Crippen LogP contribution in [0.25, 0.3) is 0 Å². The summed E-state index contributed by atoms with van der Waals surface area (Å²) in [7, 11) is 0. The monoisotopic (exact) mass is 293 g/mol. The topological polar surface area (TPSA) is 52.6 Å². The van der Waals surface area contributed by atoms with Crippen molar-refractivity contribution in [1.82, 2.24) is 4.90 Å². The Morgan fingerprint density at radius 3 is 2.68 bits per heavy atom. The van der Waals surface area contributed by atoms with E-state index in [4.69, 9.17) is 16.3 Å². The van der Waals surface area contributed by atoms with Crippen LogP contribution in [0.4, 0.5) is 0 Å². The number of rotatable bonds is 3. The summed E-state index contributed by atoms with van der Waals surface area (Å²) in [5, 5.41) is 11.0. The molecular formula is C12H13ClLiNO3S. The van der Waals surface area contributed by atoms with Crippen molar-refractivity contribution in [3.8, 4) is 5.75 Å². The first-order valence-corrected chi connectivity index (χ1v) is 7.22. The number of halogens is 1. The zero-order valence-corrected chi connectivity index (χ0v) is 12.3. The quantitative estimate of drug-likeness (QED) is 0.620. The van der Waals surface area contributed by atoms with Gasteiger partial charge in [0.25, 0.3) is 0 Å². The molecule has 2 bridgehead atoms. The number of nitrogens with zero attached hydrogens (tertiary/aromatic N) is 1. The summed E-state index contributed by atoms with van der Waals surface area (Å²) in [6.07, 6.45) is 2.34. The second-order valence-electron chi connectivity index (χ2n) is 4.83. The molecule has 1 atom stereocenters. The van der Waals surface area contributed by atoms with E-state index in [1.807, 2.05) is 0 Å². The standard InChI is InChI=1S/C12H14ClNO3S.Li/c13-10-5-8(11(18-10)12(15)16)17-9-6-14-3-1-7(9)2-4-14;/h5,7,9H,1-4,6H2,(H,15,16);/q;+1/p-1/t9-;/m1./s1. The molecule has 0 spiro atoms.